The molecule has 3 rings (SSSR count). The highest BCUT2D eigenvalue weighted by atomic mass is 16.5. The molecule has 1 aromatic rings. The van der Waals surface area contributed by atoms with Gasteiger partial charge in [-0.3, -0.25) is 28.9 Å². The molecule has 1 saturated heterocycles. The summed E-state index contributed by atoms with van der Waals surface area (Å²) >= 11 is 0. The number of rotatable bonds is 7. The fourth-order valence-corrected chi connectivity index (χ4v) is 3.78. The minimum atomic E-state index is -0.787. The molecule has 1 N–H and O–H groups in total. The van der Waals surface area contributed by atoms with Gasteiger partial charge in [0.15, 0.2) is 12.4 Å². The van der Waals surface area contributed by atoms with Gasteiger partial charge in [0.1, 0.15) is 6.54 Å². The number of likely N-dealkylation sites (tertiary alicyclic amines) is 1. The number of nitrogens with zero attached hydrogens (tertiary/aromatic N) is 1. The van der Waals surface area contributed by atoms with Gasteiger partial charge in [0, 0.05) is 17.7 Å². The lowest BCUT2D eigenvalue weighted by Gasteiger charge is -2.19. The normalized spacial score (nSPS) is 20.9. The first kappa shape index (κ1) is 20.7. The van der Waals surface area contributed by atoms with Gasteiger partial charge in [-0.15, -0.1) is 0 Å². The molecule has 154 valence electrons. The van der Waals surface area contributed by atoms with Crippen LogP contribution in [0, 0.1) is 11.8 Å². The van der Waals surface area contributed by atoms with Crippen LogP contribution in [0.5, 0.6) is 0 Å². The van der Waals surface area contributed by atoms with Crippen LogP contribution in [0.3, 0.4) is 0 Å². The number of hydrogen-bond acceptors (Lipinski definition) is 6. The summed E-state index contributed by atoms with van der Waals surface area (Å²) in [7, 11) is 0. The number of ketones is 1. The van der Waals surface area contributed by atoms with E-state index in [0.29, 0.717) is 30.5 Å². The Morgan fingerprint density at radius 2 is 1.62 bits per heavy atom. The van der Waals surface area contributed by atoms with Crippen molar-refractivity contribution in [3.63, 3.8) is 0 Å². The maximum atomic E-state index is 12.4. The average molecular weight is 400 g/mol. The van der Waals surface area contributed by atoms with E-state index in [4.69, 9.17) is 4.74 Å². The summed E-state index contributed by atoms with van der Waals surface area (Å²) in [5.41, 5.74) is 0.893. The molecule has 2 atom stereocenters. The Hall–Kier alpha value is -3.03. The molecule has 1 aromatic carbocycles. The second-order valence-electron chi connectivity index (χ2n) is 7.32. The molecule has 29 heavy (non-hydrogen) atoms. The lowest BCUT2D eigenvalue weighted by molar-refractivity contribution is -0.152. The maximum Gasteiger partial charge on any atom is 0.326 e. The number of carbonyl (C=O) groups excluding carboxylic acids is 5. The molecule has 1 aliphatic carbocycles. The molecule has 0 radical (unpaired) electrons. The monoisotopic (exact) mass is 400 g/mol. The molecule has 2 aliphatic rings. The molecule has 1 aliphatic heterocycles. The SMILES string of the molecule is CCC(=O)Nc1ccc(C(=O)COC(=O)CN2C(=O)[C@H]3CCCC[C@H]3C2=O)cc1. The van der Waals surface area contributed by atoms with Crippen LogP contribution in [-0.2, 0) is 23.9 Å². The van der Waals surface area contributed by atoms with Crippen LogP contribution in [0.25, 0.3) is 0 Å². The van der Waals surface area contributed by atoms with E-state index in [1.54, 1.807) is 19.1 Å². The van der Waals surface area contributed by atoms with Crippen molar-refractivity contribution in [2.45, 2.75) is 39.0 Å². The van der Waals surface area contributed by atoms with Crippen LogP contribution in [0.4, 0.5) is 5.69 Å². The lowest BCUT2D eigenvalue weighted by atomic mass is 9.81. The minimum Gasteiger partial charge on any atom is -0.456 e. The first-order chi connectivity index (χ1) is 13.9. The van der Waals surface area contributed by atoms with E-state index in [1.165, 1.54) is 12.1 Å². The van der Waals surface area contributed by atoms with Crippen LogP contribution in [0.1, 0.15) is 49.4 Å². The van der Waals surface area contributed by atoms with Crippen LogP contribution < -0.4 is 5.32 Å². The molecule has 0 unspecified atom stereocenters. The van der Waals surface area contributed by atoms with E-state index in [2.05, 4.69) is 5.32 Å². The smallest absolute Gasteiger partial charge is 0.326 e. The number of Topliss-reactive ketones (excluding diaryl/α,β-unsaturated/α-hetero) is 1. The molecule has 0 spiro atoms. The predicted molar refractivity (Wildman–Crippen MR) is 103 cm³/mol. The summed E-state index contributed by atoms with van der Waals surface area (Å²) in [5, 5.41) is 2.67. The van der Waals surface area contributed by atoms with E-state index < -0.39 is 24.9 Å². The average Bonchev–Trinajstić information content (AvgIpc) is 2.97. The number of anilines is 1. The fourth-order valence-electron chi connectivity index (χ4n) is 3.78. The zero-order chi connectivity index (χ0) is 21.0. The van der Waals surface area contributed by atoms with Crippen molar-refractivity contribution in [3.05, 3.63) is 29.8 Å². The quantitative estimate of drug-likeness (QED) is 0.425. The summed E-state index contributed by atoms with van der Waals surface area (Å²) in [4.78, 5) is 61.4. The van der Waals surface area contributed by atoms with Gasteiger partial charge in [-0.05, 0) is 37.1 Å². The maximum absolute atomic E-state index is 12.4. The molecule has 8 nitrogen and oxygen atoms in total. The number of esters is 1. The van der Waals surface area contributed by atoms with Crippen molar-refractivity contribution in [2.75, 3.05) is 18.5 Å². The summed E-state index contributed by atoms with van der Waals surface area (Å²) in [6.07, 6.45) is 3.52. The Kier molecular flexibility index (Phi) is 6.41. The van der Waals surface area contributed by atoms with Gasteiger partial charge in [-0.25, -0.2) is 0 Å². The topological polar surface area (TPSA) is 110 Å². The van der Waals surface area contributed by atoms with Gasteiger partial charge in [0.25, 0.3) is 0 Å². The molecule has 2 fully saturated rings. The molecular formula is C21H24N2O6. The van der Waals surface area contributed by atoms with Crippen LogP contribution in [0.15, 0.2) is 24.3 Å². The number of amides is 3. The van der Waals surface area contributed by atoms with Crippen LogP contribution in [0.2, 0.25) is 0 Å². The summed E-state index contributed by atoms with van der Waals surface area (Å²) in [5.74, 6) is -2.61. The van der Waals surface area contributed by atoms with E-state index in [1.807, 2.05) is 0 Å². The molecule has 3 amide bonds. The Morgan fingerprint density at radius 3 is 2.17 bits per heavy atom. The Balaban J connectivity index is 1.50. The van der Waals surface area contributed by atoms with E-state index in [9.17, 15) is 24.0 Å². The van der Waals surface area contributed by atoms with Crippen molar-refractivity contribution in [1.82, 2.24) is 4.90 Å². The predicted octanol–water partition coefficient (Wildman–Crippen LogP) is 1.94. The van der Waals surface area contributed by atoms with Crippen LogP contribution in [-0.4, -0.2) is 47.5 Å². The summed E-state index contributed by atoms with van der Waals surface area (Å²) in [6, 6.07) is 6.23. The largest absolute Gasteiger partial charge is 0.456 e. The molecule has 0 aromatic heterocycles. The van der Waals surface area contributed by atoms with Crippen molar-refractivity contribution in [3.8, 4) is 0 Å². The molecule has 1 saturated carbocycles. The molecule has 8 heteroatoms. The number of fused-ring (bicyclic) bond motifs is 1. The highest BCUT2D eigenvalue weighted by molar-refractivity contribution is 6.07. The number of carbonyl (C=O) groups is 5. The highest BCUT2D eigenvalue weighted by Gasteiger charge is 2.48. The first-order valence-electron chi connectivity index (χ1n) is 9.84. The standard InChI is InChI=1S/C21H24N2O6/c1-2-18(25)22-14-9-7-13(8-10-14)17(24)12-29-19(26)11-23-20(27)15-5-3-4-6-16(15)21(23)28/h7-10,15-16H,2-6,11-12H2,1H3,(H,22,25)/t15-,16+. The summed E-state index contributed by atoms with van der Waals surface area (Å²) < 4.78 is 4.98. The third-order valence-electron chi connectivity index (χ3n) is 5.40. The van der Waals surface area contributed by atoms with Crippen LogP contribution >= 0.6 is 0 Å². The van der Waals surface area contributed by atoms with Crippen molar-refractivity contribution < 1.29 is 28.7 Å². The number of ether oxygens (including phenoxy) is 1. The van der Waals surface area contributed by atoms with Gasteiger partial charge in [0.05, 0.1) is 11.8 Å². The van der Waals surface area contributed by atoms with Gasteiger partial charge in [-0.2, -0.15) is 0 Å². The highest BCUT2D eigenvalue weighted by Crippen LogP contribution is 2.37. The van der Waals surface area contributed by atoms with Gasteiger partial charge < -0.3 is 10.1 Å². The molecule has 1 heterocycles. The molecule has 0 bridgehead atoms. The number of nitrogens with one attached hydrogen (secondary N) is 1. The van der Waals surface area contributed by atoms with Gasteiger partial charge >= 0.3 is 5.97 Å². The minimum absolute atomic E-state index is 0.135. The Morgan fingerprint density at radius 1 is 1.03 bits per heavy atom. The fraction of sp³-hybridized carbons (Fsp3) is 0.476. The zero-order valence-corrected chi connectivity index (χ0v) is 16.3. The first-order valence-corrected chi connectivity index (χ1v) is 9.84. The second kappa shape index (κ2) is 8.98. The summed E-state index contributed by atoms with van der Waals surface area (Å²) in [6.45, 7) is 0.793. The van der Waals surface area contributed by atoms with E-state index in [-0.39, 0.29) is 29.6 Å². The second-order valence-corrected chi connectivity index (χ2v) is 7.32. The van der Waals surface area contributed by atoms with E-state index in [0.717, 1.165) is 17.7 Å². The zero-order valence-electron chi connectivity index (χ0n) is 16.3. The number of hydrogen-bond donors (Lipinski definition) is 1. The Labute approximate surface area is 168 Å². The third kappa shape index (κ3) is 4.70. The number of benzene rings is 1. The van der Waals surface area contributed by atoms with Crippen molar-refractivity contribution in [1.29, 1.82) is 0 Å². The van der Waals surface area contributed by atoms with Gasteiger partial charge in [0.2, 0.25) is 17.7 Å². The van der Waals surface area contributed by atoms with Crippen molar-refractivity contribution >= 4 is 35.2 Å². The van der Waals surface area contributed by atoms with Gasteiger partial charge in [-0.1, -0.05) is 19.8 Å². The van der Waals surface area contributed by atoms with E-state index >= 15 is 0 Å². The van der Waals surface area contributed by atoms with Crippen molar-refractivity contribution in [2.24, 2.45) is 11.8 Å². The third-order valence-corrected chi connectivity index (χ3v) is 5.40. The lowest BCUT2D eigenvalue weighted by Crippen LogP contribution is -2.37. The number of imide groups is 1. The molecular weight excluding hydrogens is 376 g/mol. The Bertz CT molecular complexity index is 808.